The number of unbranched alkanes of at least 4 members (excludes halogenated alkanes) is 1. The van der Waals surface area contributed by atoms with E-state index in [4.69, 9.17) is 5.11 Å². The highest BCUT2D eigenvalue weighted by molar-refractivity contribution is 5.27. The second-order valence-corrected chi connectivity index (χ2v) is 4.51. The standard InChI is InChI=1S/C13H25N3O/c1-5-16-12(4)13(11(3)15-16)10(2)14-8-6-7-9-17/h10,14,17H,5-9H2,1-4H3. The Hall–Kier alpha value is -0.870. The van der Waals surface area contributed by atoms with Gasteiger partial charge in [-0.15, -0.1) is 0 Å². The van der Waals surface area contributed by atoms with E-state index in [0.717, 1.165) is 31.6 Å². The minimum atomic E-state index is 0.280. The molecule has 1 heterocycles. The first kappa shape index (κ1) is 14.2. The normalized spacial score (nSPS) is 13.0. The molecule has 4 nitrogen and oxygen atoms in total. The Morgan fingerprint density at radius 2 is 2.06 bits per heavy atom. The van der Waals surface area contributed by atoms with E-state index in [-0.39, 0.29) is 6.61 Å². The molecule has 1 atom stereocenters. The molecule has 1 aromatic rings. The fraction of sp³-hybridized carbons (Fsp3) is 0.769. The van der Waals surface area contributed by atoms with Crippen molar-refractivity contribution >= 4 is 0 Å². The molecule has 98 valence electrons. The van der Waals surface area contributed by atoms with Gasteiger partial charge in [-0.25, -0.2) is 0 Å². The van der Waals surface area contributed by atoms with Crippen LogP contribution < -0.4 is 5.32 Å². The highest BCUT2D eigenvalue weighted by Gasteiger charge is 2.16. The second kappa shape index (κ2) is 6.77. The average molecular weight is 239 g/mol. The van der Waals surface area contributed by atoms with E-state index in [9.17, 15) is 0 Å². The van der Waals surface area contributed by atoms with Crippen LogP contribution >= 0.6 is 0 Å². The van der Waals surface area contributed by atoms with E-state index in [0.29, 0.717) is 6.04 Å². The van der Waals surface area contributed by atoms with E-state index in [1.54, 1.807) is 0 Å². The Bertz CT molecular complexity index is 347. The van der Waals surface area contributed by atoms with Crippen LogP contribution in [0.15, 0.2) is 0 Å². The molecule has 1 rings (SSSR count). The summed E-state index contributed by atoms with van der Waals surface area (Å²) in [5, 5.41) is 16.8. The minimum Gasteiger partial charge on any atom is -0.396 e. The van der Waals surface area contributed by atoms with Crippen molar-refractivity contribution in [3.05, 3.63) is 17.0 Å². The van der Waals surface area contributed by atoms with E-state index >= 15 is 0 Å². The van der Waals surface area contributed by atoms with Gasteiger partial charge in [-0.1, -0.05) is 0 Å². The predicted molar refractivity (Wildman–Crippen MR) is 70.1 cm³/mol. The van der Waals surface area contributed by atoms with Gasteiger partial charge in [0, 0.05) is 30.5 Å². The fourth-order valence-corrected chi connectivity index (χ4v) is 2.30. The van der Waals surface area contributed by atoms with E-state index in [2.05, 4.69) is 42.8 Å². The zero-order valence-electron chi connectivity index (χ0n) is 11.5. The largest absolute Gasteiger partial charge is 0.396 e. The summed E-state index contributed by atoms with van der Waals surface area (Å²) in [6.07, 6.45) is 1.88. The van der Waals surface area contributed by atoms with Crippen molar-refractivity contribution < 1.29 is 5.11 Å². The van der Waals surface area contributed by atoms with Gasteiger partial charge in [0.05, 0.1) is 5.69 Å². The Morgan fingerprint density at radius 3 is 2.59 bits per heavy atom. The van der Waals surface area contributed by atoms with E-state index in [1.807, 2.05) is 0 Å². The van der Waals surface area contributed by atoms with Crippen LogP contribution in [0.2, 0.25) is 0 Å². The zero-order chi connectivity index (χ0) is 12.8. The van der Waals surface area contributed by atoms with Crippen LogP contribution in [0, 0.1) is 13.8 Å². The number of aromatic nitrogens is 2. The molecule has 0 fully saturated rings. The Kier molecular flexibility index (Phi) is 5.65. The molecule has 0 aromatic carbocycles. The molecule has 1 unspecified atom stereocenters. The molecule has 0 amide bonds. The average Bonchev–Trinajstić information content (AvgIpc) is 2.59. The third-order valence-corrected chi connectivity index (χ3v) is 3.21. The number of rotatable bonds is 7. The van der Waals surface area contributed by atoms with Crippen LogP contribution in [0.3, 0.4) is 0 Å². The zero-order valence-corrected chi connectivity index (χ0v) is 11.5. The summed E-state index contributed by atoms with van der Waals surface area (Å²) < 4.78 is 2.05. The SMILES string of the molecule is CCn1nc(C)c(C(C)NCCCCO)c1C. The monoisotopic (exact) mass is 239 g/mol. The van der Waals surface area contributed by atoms with Crippen LogP contribution in [-0.4, -0.2) is 28.0 Å². The summed E-state index contributed by atoms with van der Waals surface area (Å²) in [4.78, 5) is 0. The molecule has 0 radical (unpaired) electrons. The van der Waals surface area contributed by atoms with Gasteiger partial charge in [0.2, 0.25) is 0 Å². The first-order valence-electron chi connectivity index (χ1n) is 6.50. The molecule has 2 N–H and O–H groups in total. The van der Waals surface area contributed by atoms with Crippen LogP contribution in [0.4, 0.5) is 0 Å². The maximum atomic E-state index is 8.73. The summed E-state index contributed by atoms with van der Waals surface area (Å²) in [5.74, 6) is 0. The number of aryl methyl sites for hydroxylation is 2. The molecule has 0 aliphatic rings. The lowest BCUT2D eigenvalue weighted by molar-refractivity contribution is 0.283. The number of hydrogen-bond acceptors (Lipinski definition) is 3. The molecule has 0 aliphatic carbocycles. The summed E-state index contributed by atoms with van der Waals surface area (Å²) in [6, 6.07) is 0.328. The predicted octanol–water partition coefficient (Wildman–Crippen LogP) is 1.94. The third-order valence-electron chi connectivity index (χ3n) is 3.21. The van der Waals surface area contributed by atoms with Crippen molar-refractivity contribution in [1.82, 2.24) is 15.1 Å². The van der Waals surface area contributed by atoms with Crippen molar-refractivity contribution in [3.63, 3.8) is 0 Å². The molecule has 0 spiro atoms. The lowest BCUT2D eigenvalue weighted by Crippen LogP contribution is -2.21. The van der Waals surface area contributed by atoms with Gasteiger partial charge in [-0.05, 0) is 47.1 Å². The minimum absolute atomic E-state index is 0.280. The lowest BCUT2D eigenvalue weighted by atomic mass is 10.1. The van der Waals surface area contributed by atoms with Crippen LogP contribution in [-0.2, 0) is 6.54 Å². The van der Waals surface area contributed by atoms with Crippen molar-refractivity contribution in [2.75, 3.05) is 13.2 Å². The maximum absolute atomic E-state index is 8.73. The van der Waals surface area contributed by atoms with Crippen LogP contribution in [0.25, 0.3) is 0 Å². The molecule has 1 aromatic heterocycles. The molecule has 0 saturated heterocycles. The molecule has 0 aliphatic heterocycles. The van der Waals surface area contributed by atoms with Crippen molar-refractivity contribution in [2.45, 2.75) is 53.1 Å². The van der Waals surface area contributed by atoms with Gasteiger partial charge < -0.3 is 10.4 Å². The molecular weight excluding hydrogens is 214 g/mol. The summed E-state index contributed by atoms with van der Waals surface area (Å²) >= 11 is 0. The number of nitrogens with one attached hydrogen (secondary N) is 1. The molecule has 17 heavy (non-hydrogen) atoms. The van der Waals surface area contributed by atoms with Crippen molar-refractivity contribution in [3.8, 4) is 0 Å². The highest BCUT2D eigenvalue weighted by Crippen LogP contribution is 2.21. The number of nitrogens with zero attached hydrogens (tertiary/aromatic N) is 2. The maximum Gasteiger partial charge on any atom is 0.0644 e. The number of aliphatic hydroxyl groups excluding tert-OH is 1. The van der Waals surface area contributed by atoms with Gasteiger partial charge in [-0.3, -0.25) is 4.68 Å². The van der Waals surface area contributed by atoms with Crippen molar-refractivity contribution in [1.29, 1.82) is 0 Å². The summed E-state index contributed by atoms with van der Waals surface area (Å²) in [7, 11) is 0. The molecular formula is C13H25N3O. The Labute approximate surface area is 104 Å². The first-order valence-corrected chi connectivity index (χ1v) is 6.50. The van der Waals surface area contributed by atoms with Gasteiger partial charge in [0.1, 0.15) is 0 Å². The topological polar surface area (TPSA) is 50.1 Å². The summed E-state index contributed by atoms with van der Waals surface area (Å²) in [5.41, 5.74) is 3.69. The first-order chi connectivity index (χ1) is 8.11. The quantitative estimate of drug-likeness (QED) is 0.715. The Balaban J connectivity index is 2.62. The summed E-state index contributed by atoms with van der Waals surface area (Å²) in [6.45, 7) is 10.6. The second-order valence-electron chi connectivity index (χ2n) is 4.51. The highest BCUT2D eigenvalue weighted by atomic mass is 16.2. The molecule has 4 heteroatoms. The van der Waals surface area contributed by atoms with Gasteiger partial charge in [0.15, 0.2) is 0 Å². The van der Waals surface area contributed by atoms with Gasteiger partial charge in [0.25, 0.3) is 0 Å². The smallest absolute Gasteiger partial charge is 0.0644 e. The van der Waals surface area contributed by atoms with Crippen molar-refractivity contribution in [2.24, 2.45) is 0 Å². The lowest BCUT2D eigenvalue weighted by Gasteiger charge is -2.14. The molecule has 0 bridgehead atoms. The van der Waals surface area contributed by atoms with Gasteiger partial charge >= 0.3 is 0 Å². The molecule has 0 saturated carbocycles. The fourth-order valence-electron chi connectivity index (χ4n) is 2.30. The number of hydrogen-bond donors (Lipinski definition) is 2. The van der Waals surface area contributed by atoms with E-state index < -0.39 is 0 Å². The van der Waals surface area contributed by atoms with Crippen LogP contribution in [0.1, 0.15) is 49.7 Å². The number of aliphatic hydroxyl groups is 1. The van der Waals surface area contributed by atoms with E-state index in [1.165, 1.54) is 11.3 Å². The van der Waals surface area contributed by atoms with Crippen LogP contribution in [0.5, 0.6) is 0 Å². The van der Waals surface area contributed by atoms with Gasteiger partial charge in [-0.2, -0.15) is 5.10 Å². The third kappa shape index (κ3) is 3.54. The Morgan fingerprint density at radius 1 is 1.35 bits per heavy atom.